The molecule has 0 radical (unpaired) electrons. The third-order valence-electron chi connectivity index (χ3n) is 3.10. The minimum Gasteiger partial charge on any atom is -0.406 e. The summed E-state index contributed by atoms with van der Waals surface area (Å²) in [4.78, 5) is 2.15. The first-order valence-electron chi connectivity index (χ1n) is 6.50. The zero-order chi connectivity index (χ0) is 12.3. The molecule has 1 aromatic heterocycles. The summed E-state index contributed by atoms with van der Waals surface area (Å²) < 4.78 is 5.66. The number of aromatic nitrogens is 2. The number of piperidine rings is 1. The van der Waals surface area contributed by atoms with E-state index in [2.05, 4.69) is 28.9 Å². The molecule has 0 bridgehead atoms. The highest BCUT2D eigenvalue weighted by atomic mass is 16.4. The molecule has 0 aromatic carbocycles. The van der Waals surface area contributed by atoms with Crippen molar-refractivity contribution in [3.05, 3.63) is 5.89 Å². The van der Waals surface area contributed by atoms with Gasteiger partial charge in [-0.05, 0) is 31.6 Å². The third-order valence-corrected chi connectivity index (χ3v) is 3.10. The van der Waals surface area contributed by atoms with E-state index in [1.165, 1.54) is 19.3 Å². The molecular weight excluding hydrogens is 216 g/mol. The maximum Gasteiger partial charge on any atom is 0.318 e. The third kappa shape index (κ3) is 3.19. The lowest BCUT2D eigenvalue weighted by Crippen LogP contribution is -2.29. The van der Waals surface area contributed by atoms with Crippen molar-refractivity contribution < 1.29 is 4.42 Å². The number of anilines is 1. The van der Waals surface area contributed by atoms with Crippen molar-refractivity contribution in [2.24, 2.45) is 11.7 Å². The normalized spacial score (nSPS) is 18.7. The van der Waals surface area contributed by atoms with Crippen LogP contribution >= 0.6 is 0 Å². The molecule has 1 aliphatic rings. The molecular formula is C12H22N4O. The molecule has 1 fully saturated rings. The van der Waals surface area contributed by atoms with Gasteiger partial charge in [-0.3, -0.25) is 0 Å². The van der Waals surface area contributed by atoms with Gasteiger partial charge in [-0.2, -0.15) is 0 Å². The summed E-state index contributed by atoms with van der Waals surface area (Å²) in [6.07, 6.45) is 4.58. The van der Waals surface area contributed by atoms with Gasteiger partial charge in [0.2, 0.25) is 5.89 Å². The maximum atomic E-state index is 6.02. The Morgan fingerprint density at radius 1 is 1.24 bits per heavy atom. The molecule has 2 rings (SSSR count). The van der Waals surface area contributed by atoms with Crippen LogP contribution in [0.15, 0.2) is 4.42 Å². The number of nitrogens with two attached hydrogens (primary N) is 1. The van der Waals surface area contributed by atoms with Gasteiger partial charge in [0.1, 0.15) is 0 Å². The minimum absolute atomic E-state index is 0.138. The van der Waals surface area contributed by atoms with E-state index in [9.17, 15) is 0 Å². The molecule has 0 amide bonds. The van der Waals surface area contributed by atoms with Gasteiger partial charge in [0.05, 0.1) is 6.04 Å². The van der Waals surface area contributed by atoms with Crippen LogP contribution in [0.1, 0.15) is 51.5 Å². The number of hydrogen-bond acceptors (Lipinski definition) is 5. The van der Waals surface area contributed by atoms with E-state index in [1.807, 2.05) is 0 Å². The fourth-order valence-electron chi connectivity index (χ4n) is 2.20. The van der Waals surface area contributed by atoms with Gasteiger partial charge in [-0.1, -0.05) is 18.9 Å². The van der Waals surface area contributed by atoms with E-state index in [0.29, 0.717) is 17.8 Å². The maximum absolute atomic E-state index is 6.02. The van der Waals surface area contributed by atoms with Crippen molar-refractivity contribution in [3.8, 4) is 0 Å². The SMILES string of the molecule is CC(C)CC(N)c1nnc(N2CCCCC2)o1. The number of rotatable bonds is 4. The van der Waals surface area contributed by atoms with Crippen LogP contribution in [0, 0.1) is 5.92 Å². The Labute approximate surface area is 102 Å². The van der Waals surface area contributed by atoms with Crippen LogP contribution in [0.3, 0.4) is 0 Å². The molecule has 0 saturated carbocycles. The summed E-state index contributed by atoms with van der Waals surface area (Å²) in [5, 5.41) is 8.16. The topological polar surface area (TPSA) is 68.2 Å². The first kappa shape index (κ1) is 12.4. The van der Waals surface area contributed by atoms with Crippen molar-refractivity contribution in [1.82, 2.24) is 10.2 Å². The average molecular weight is 238 g/mol. The Kier molecular flexibility index (Phi) is 3.99. The van der Waals surface area contributed by atoms with E-state index >= 15 is 0 Å². The highest BCUT2D eigenvalue weighted by molar-refractivity contribution is 5.24. The standard InChI is InChI=1S/C12H22N4O/c1-9(2)8-10(13)11-14-15-12(17-11)16-6-4-3-5-7-16/h9-10H,3-8,13H2,1-2H3. The lowest BCUT2D eigenvalue weighted by atomic mass is 10.1. The molecule has 5 nitrogen and oxygen atoms in total. The summed E-state index contributed by atoms with van der Waals surface area (Å²) >= 11 is 0. The molecule has 1 aliphatic heterocycles. The number of hydrogen-bond donors (Lipinski definition) is 1. The van der Waals surface area contributed by atoms with Crippen molar-refractivity contribution in [2.75, 3.05) is 18.0 Å². The van der Waals surface area contributed by atoms with Crippen molar-refractivity contribution in [3.63, 3.8) is 0 Å². The Bertz CT molecular complexity index is 344. The van der Waals surface area contributed by atoms with Gasteiger partial charge in [-0.25, -0.2) is 0 Å². The monoisotopic (exact) mass is 238 g/mol. The van der Waals surface area contributed by atoms with E-state index in [4.69, 9.17) is 10.2 Å². The van der Waals surface area contributed by atoms with E-state index in [-0.39, 0.29) is 6.04 Å². The second kappa shape index (κ2) is 5.49. The van der Waals surface area contributed by atoms with Gasteiger partial charge in [0, 0.05) is 13.1 Å². The van der Waals surface area contributed by atoms with E-state index < -0.39 is 0 Å². The summed E-state index contributed by atoms with van der Waals surface area (Å²) in [6.45, 7) is 6.31. The summed E-state index contributed by atoms with van der Waals surface area (Å²) in [6, 6.07) is 0.500. The predicted octanol–water partition coefficient (Wildman–Crippen LogP) is 2.11. The molecule has 96 valence electrons. The largest absolute Gasteiger partial charge is 0.406 e. The fourth-order valence-corrected chi connectivity index (χ4v) is 2.20. The zero-order valence-electron chi connectivity index (χ0n) is 10.7. The molecule has 1 unspecified atom stereocenters. The quantitative estimate of drug-likeness (QED) is 0.870. The predicted molar refractivity (Wildman–Crippen MR) is 66.7 cm³/mol. The second-order valence-corrected chi connectivity index (χ2v) is 5.21. The Hall–Kier alpha value is -1.10. The van der Waals surface area contributed by atoms with Gasteiger partial charge in [-0.15, -0.1) is 5.10 Å². The fraction of sp³-hybridized carbons (Fsp3) is 0.833. The van der Waals surface area contributed by atoms with Crippen molar-refractivity contribution in [1.29, 1.82) is 0 Å². The first-order valence-corrected chi connectivity index (χ1v) is 6.50. The van der Waals surface area contributed by atoms with Crippen LogP contribution < -0.4 is 10.6 Å². The number of nitrogens with zero attached hydrogens (tertiary/aromatic N) is 3. The molecule has 1 aromatic rings. The van der Waals surface area contributed by atoms with Gasteiger partial charge < -0.3 is 15.1 Å². The second-order valence-electron chi connectivity index (χ2n) is 5.21. The van der Waals surface area contributed by atoms with Gasteiger partial charge >= 0.3 is 6.01 Å². The highest BCUT2D eigenvalue weighted by Crippen LogP contribution is 2.22. The van der Waals surface area contributed by atoms with Crippen molar-refractivity contribution >= 4 is 6.01 Å². The lowest BCUT2D eigenvalue weighted by molar-refractivity contribution is 0.396. The van der Waals surface area contributed by atoms with Crippen LogP contribution in [-0.2, 0) is 0 Å². The highest BCUT2D eigenvalue weighted by Gasteiger charge is 2.20. The molecule has 0 spiro atoms. The summed E-state index contributed by atoms with van der Waals surface area (Å²) in [7, 11) is 0. The van der Waals surface area contributed by atoms with Gasteiger partial charge in [0.15, 0.2) is 0 Å². The van der Waals surface area contributed by atoms with E-state index in [0.717, 1.165) is 19.5 Å². The Balaban J connectivity index is 1.99. The Morgan fingerprint density at radius 3 is 2.59 bits per heavy atom. The molecule has 2 heterocycles. The molecule has 0 aliphatic carbocycles. The molecule has 1 atom stereocenters. The minimum atomic E-state index is -0.138. The van der Waals surface area contributed by atoms with Crippen LogP contribution in [0.2, 0.25) is 0 Å². The van der Waals surface area contributed by atoms with Crippen LogP contribution in [0.4, 0.5) is 6.01 Å². The molecule has 17 heavy (non-hydrogen) atoms. The summed E-state index contributed by atoms with van der Waals surface area (Å²) in [5.74, 6) is 1.11. The van der Waals surface area contributed by atoms with Crippen molar-refractivity contribution in [2.45, 2.75) is 45.6 Å². The van der Waals surface area contributed by atoms with Gasteiger partial charge in [0.25, 0.3) is 0 Å². The average Bonchev–Trinajstić information content (AvgIpc) is 2.78. The molecule has 1 saturated heterocycles. The lowest BCUT2D eigenvalue weighted by Gasteiger charge is -2.24. The van der Waals surface area contributed by atoms with Crippen LogP contribution in [-0.4, -0.2) is 23.3 Å². The van der Waals surface area contributed by atoms with E-state index in [1.54, 1.807) is 0 Å². The zero-order valence-corrected chi connectivity index (χ0v) is 10.7. The first-order chi connectivity index (χ1) is 8.16. The molecule has 2 N–H and O–H groups in total. The summed E-state index contributed by atoms with van der Waals surface area (Å²) in [5.41, 5.74) is 6.02. The van der Waals surface area contributed by atoms with Crippen LogP contribution in [0.5, 0.6) is 0 Å². The Morgan fingerprint density at radius 2 is 1.94 bits per heavy atom. The van der Waals surface area contributed by atoms with Crippen LogP contribution in [0.25, 0.3) is 0 Å². The smallest absolute Gasteiger partial charge is 0.318 e. The molecule has 5 heteroatoms.